The number of piperazine rings is 1. The summed E-state index contributed by atoms with van der Waals surface area (Å²) in [6.45, 7) is 8.40. The third-order valence-electron chi connectivity index (χ3n) is 6.64. The lowest BCUT2D eigenvalue weighted by atomic mass is 10.1. The molecule has 0 bridgehead atoms. The Hall–Kier alpha value is -1.93. The maximum absolute atomic E-state index is 12.5. The highest BCUT2D eigenvalue weighted by Gasteiger charge is 2.16. The molecule has 2 aliphatic heterocycles. The van der Waals surface area contributed by atoms with Crippen LogP contribution in [0.3, 0.4) is 0 Å². The molecule has 2 saturated heterocycles. The van der Waals surface area contributed by atoms with Gasteiger partial charge in [-0.1, -0.05) is 12.1 Å². The zero-order valence-electron chi connectivity index (χ0n) is 19.5. The summed E-state index contributed by atoms with van der Waals surface area (Å²) >= 11 is 1.57. The lowest BCUT2D eigenvalue weighted by molar-refractivity contribution is 0.0957. The summed E-state index contributed by atoms with van der Waals surface area (Å²) in [4.78, 5) is 21.7. The highest BCUT2D eigenvalue weighted by Crippen LogP contribution is 2.30. The predicted octanol–water partition coefficient (Wildman–Crippen LogP) is 2.97. The Bertz CT molecular complexity index is 851. The molecule has 4 rings (SSSR count). The Morgan fingerprint density at radius 3 is 2.31 bits per heavy atom. The number of carbonyl (C=O) groups excluding carboxylic acids is 1. The van der Waals surface area contributed by atoms with E-state index in [2.05, 4.69) is 69.8 Å². The third kappa shape index (κ3) is 6.32. The van der Waals surface area contributed by atoms with Crippen molar-refractivity contribution in [3.05, 3.63) is 41.3 Å². The fourth-order valence-electron chi connectivity index (χ4n) is 4.41. The lowest BCUT2D eigenvalue weighted by Crippen LogP contribution is -2.44. The molecule has 0 spiro atoms. The Morgan fingerprint density at radius 1 is 0.906 bits per heavy atom. The van der Waals surface area contributed by atoms with Gasteiger partial charge >= 0.3 is 0 Å². The topological polar surface area (TPSA) is 50.9 Å². The van der Waals surface area contributed by atoms with Crippen molar-refractivity contribution in [2.45, 2.75) is 25.3 Å². The summed E-state index contributed by atoms with van der Waals surface area (Å²) in [6, 6.07) is 13.4. The quantitative estimate of drug-likeness (QED) is 0.600. The molecule has 6 nitrogen and oxygen atoms in total. The molecule has 2 aliphatic rings. The van der Waals surface area contributed by atoms with Crippen LogP contribution in [0.5, 0.6) is 0 Å². The van der Waals surface area contributed by atoms with E-state index in [0.717, 1.165) is 48.9 Å². The van der Waals surface area contributed by atoms with Crippen LogP contribution in [0.4, 0.5) is 5.69 Å². The van der Waals surface area contributed by atoms with E-state index in [1.807, 2.05) is 6.07 Å². The molecule has 1 amide bonds. The normalized spacial score (nSPS) is 18.8. The summed E-state index contributed by atoms with van der Waals surface area (Å²) < 4.78 is 0. The summed E-state index contributed by atoms with van der Waals surface area (Å²) in [5.74, 6) is 0.0367. The van der Waals surface area contributed by atoms with Crippen LogP contribution in [0.25, 0.3) is 10.4 Å². The number of anilines is 1. The van der Waals surface area contributed by atoms with E-state index < -0.39 is 0 Å². The van der Waals surface area contributed by atoms with E-state index >= 15 is 0 Å². The second-order valence-electron chi connectivity index (χ2n) is 9.14. The summed E-state index contributed by atoms with van der Waals surface area (Å²) in [7, 11) is 4.36. The van der Waals surface area contributed by atoms with Gasteiger partial charge in [0.05, 0.1) is 4.88 Å². The summed E-state index contributed by atoms with van der Waals surface area (Å²) in [5.41, 5.74) is 2.46. The zero-order valence-corrected chi connectivity index (χ0v) is 20.3. The van der Waals surface area contributed by atoms with E-state index in [-0.39, 0.29) is 5.91 Å². The first-order valence-corrected chi connectivity index (χ1v) is 12.7. The van der Waals surface area contributed by atoms with Crippen molar-refractivity contribution >= 4 is 22.9 Å². The molecule has 7 heteroatoms. The summed E-state index contributed by atoms with van der Waals surface area (Å²) in [6.07, 6.45) is 3.40. The van der Waals surface area contributed by atoms with E-state index in [4.69, 9.17) is 0 Å². The van der Waals surface area contributed by atoms with Crippen molar-refractivity contribution in [3.63, 3.8) is 0 Å². The number of likely N-dealkylation sites (N-methyl/N-ethyl adjacent to an activating group) is 1. The highest BCUT2D eigenvalue weighted by molar-refractivity contribution is 7.17. The maximum atomic E-state index is 12.5. The molecule has 0 radical (unpaired) electrons. The number of likely N-dealkylation sites (tertiary alicyclic amines) is 1. The number of rotatable bonds is 8. The van der Waals surface area contributed by atoms with Gasteiger partial charge < -0.3 is 25.3 Å². The monoisotopic (exact) mass is 455 g/mol. The van der Waals surface area contributed by atoms with Gasteiger partial charge in [-0.25, -0.2) is 0 Å². The fraction of sp³-hybridized carbons (Fsp3) is 0.560. The average Bonchev–Trinajstić information content (AvgIpc) is 3.31. The largest absolute Gasteiger partial charge is 0.369 e. The Balaban J connectivity index is 1.20. The first-order chi connectivity index (χ1) is 15.6. The van der Waals surface area contributed by atoms with Crippen LogP contribution in [-0.4, -0.2) is 88.2 Å². The summed E-state index contributed by atoms with van der Waals surface area (Å²) in [5, 5.41) is 6.71. The minimum atomic E-state index is 0.0367. The van der Waals surface area contributed by atoms with Crippen LogP contribution in [0, 0.1) is 0 Å². The van der Waals surface area contributed by atoms with Gasteiger partial charge in [0, 0.05) is 49.3 Å². The Labute approximate surface area is 196 Å². The van der Waals surface area contributed by atoms with Gasteiger partial charge in [0.25, 0.3) is 5.91 Å². The maximum Gasteiger partial charge on any atom is 0.261 e. The number of amides is 1. The van der Waals surface area contributed by atoms with E-state index in [9.17, 15) is 4.79 Å². The molecular weight excluding hydrogens is 418 g/mol. The van der Waals surface area contributed by atoms with Crippen LogP contribution in [-0.2, 0) is 0 Å². The molecule has 2 aromatic rings. The standard InChI is InChI=1S/C25H37N5OS/c1-28-14-10-21(11-15-28)26-12-3-13-27-25(31)24-9-8-23(32-24)20-4-6-22(7-5-20)30-18-16-29(2)17-19-30/h4-9,21,26H,3,10-19H2,1-2H3,(H,27,31). The van der Waals surface area contributed by atoms with Crippen molar-refractivity contribution < 1.29 is 4.79 Å². The first kappa shape index (κ1) is 23.2. The van der Waals surface area contributed by atoms with Crippen molar-refractivity contribution in [2.75, 3.05) is 71.4 Å². The van der Waals surface area contributed by atoms with Crippen molar-refractivity contribution in [2.24, 2.45) is 0 Å². The molecule has 174 valence electrons. The molecule has 3 heterocycles. The average molecular weight is 456 g/mol. The van der Waals surface area contributed by atoms with Crippen LogP contribution in [0.2, 0.25) is 0 Å². The Kier molecular flexibility index (Phi) is 8.19. The molecule has 0 atom stereocenters. The number of benzene rings is 1. The first-order valence-electron chi connectivity index (χ1n) is 11.9. The number of nitrogens with zero attached hydrogens (tertiary/aromatic N) is 3. The minimum absolute atomic E-state index is 0.0367. The van der Waals surface area contributed by atoms with Crippen LogP contribution in [0.15, 0.2) is 36.4 Å². The molecule has 0 aliphatic carbocycles. The van der Waals surface area contributed by atoms with Gasteiger partial charge in [-0.2, -0.15) is 0 Å². The molecular formula is C25H37N5OS. The Morgan fingerprint density at radius 2 is 1.59 bits per heavy atom. The van der Waals surface area contributed by atoms with Crippen LogP contribution < -0.4 is 15.5 Å². The number of thiophene rings is 1. The highest BCUT2D eigenvalue weighted by atomic mass is 32.1. The van der Waals surface area contributed by atoms with E-state index in [1.165, 1.54) is 37.2 Å². The number of nitrogens with one attached hydrogen (secondary N) is 2. The van der Waals surface area contributed by atoms with E-state index in [1.54, 1.807) is 11.3 Å². The molecule has 0 unspecified atom stereocenters. The molecule has 2 N–H and O–H groups in total. The number of hydrogen-bond acceptors (Lipinski definition) is 6. The molecule has 0 saturated carbocycles. The lowest BCUT2D eigenvalue weighted by Gasteiger charge is -2.34. The fourth-order valence-corrected chi connectivity index (χ4v) is 5.34. The van der Waals surface area contributed by atoms with Gasteiger partial charge in [0.15, 0.2) is 0 Å². The smallest absolute Gasteiger partial charge is 0.261 e. The number of hydrogen-bond donors (Lipinski definition) is 2. The second-order valence-corrected chi connectivity index (χ2v) is 10.2. The van der Waals surface area contributed by atoms with E-state index in [0.29, 0.717) is 12.6 Å². The van der Waals surface area contributed by atoms with Gasteiger partial charge in [-0.05, 0) is 82.8 Å². The van der Waals surface area contributed by atoms with Crippen molar-refractivity contribution in [1.82, 2.24) is 20.4 Å². The SMILES string of the molecule is CN1CCC(NCCCNC(=O)c2ccc(-c3ccc(N4CCN(C)CC4)cc3)s2)CC1. The van der Waals surface area contributed by atoms with Crippen molar-refractivity contribution in [1.29, 1.82) is 0 Å². The molecule has 1 aromatic heterocycles. The number of piperidine rings is 1. The van der Waals surface area contributed by atoms with Crippen molar-refractivity contribution in [3.8, 4) is 10.4 Å². The predicted molar refractivity (Wildman–Crippen MR) is 135 cm³/mol. The van der Waals surface area contributed by atoms with Gasteiger partial charge in [0.1, 0.15) is 0 Å². The second kappa shape index (κ2) is 11.3. The number of carbonyl (C=O) groups is 1. The van der Waals surface area contributed by atoms with Gasteiger partial charge in [-0.3, -0.25) is 4.79 Å². The van der Waals surface area contributed by atoms with Gasteiger partial charge in [-0.15, -0.1) is 11.3 Å². The molecule has 1 aromatic carbocycles. The van der Waals surface area contributed by atoms with Gasteiger partial charge in [0.2, 0.25) is 0 Å². The third-order valence-corrected chi connectivity index (χ3v) is 7.77. The molecule has 32 heavy (non-hydrogen) atoms. The zero-order chi connectivity index (χ0) is 22.3. The van der Waals surface area contributed by atoms with Crippen LogP contribution in [0.1, 0.15) is 28.9 Å². The molecule has 2 fully saturated rings. The van der Waals surface area contributed by atoms with Crippen LogP contribution >= 0.6 is 11.3 Å². The minimum Gasteiger partial charge on any atom is -0.369 e.